The van der Waals surface area contributed by atoms with Crippen molar-refractivity contribution in [2.24, 2.45) is 0 Å². The maximum absolute atomic E-state index is 14.2. The highest BCUT2D eigenvalue weighted by Crippen LogP contribution is 2.26. The van der Waals surface area contributed by atoms with E-state index in [0.29, 0.717) is 30.9 Å². The van der Waals surface area contributed by atoms with Gasteiger partial charge in [-0.15, -0.1) is 0 Å². The smallest absolute Gasteiger partial charge is 0.335 e. The van der Waals surface area contributed by atoms with Gasteiger partial charge >= 0.3 is 5.97 Å². The number of nitrogens with zero attached hydrogens (tertiary/aromatic N) is 3. The number of carboxylic acid groups (broad SMARTS) is 1. The fraction of sp³-hybridized carbons (Fsp3) is 0.156. The Kier molecular flexibility index (Phi) is 7.85. The predicted octanol–water partition coefficient (Wildman–Crippen LogP) is 6.23. The van der Waals surface area contributed by atoms with Crippen LogP contribution < -0.4 is 4.74 Å². The molecule has 0 aliphatic rings. The van der Waals surface area contributed by atoms with Crippen LogP contribution in [0.15, 0.2) is 84.9 Å². The van der Waals surface area contributed by atoms with Crippen LogP contribution >= 0.6 is 0 Å². The molecule has 40 heavy (non-hydrogen) atoms. The molecule has 200 valence electrons. The van der Waals surface area contributed by atoms with Crippen molar-refractivity contribution < 1.29 is 23.8 Å². The molecule has 5 rings (SSSR count). The lowest BCUT2D eigenvalue weighted by molar-refractivity contribution is 0.0697. The molecular formula is C32H26FN3O4. The van der Waals surface area contributed by atoms with Gasteiger partial charge in [-0.05, 0) is 59.2 Å². The third-order valence-electron chi connectivity index (χ3n) is 6.65. The number of halogens is 1. The number of carboxylic acids is 1. The van der Waals surface area contributed by atoms with Gasteiger partial charge in [-0.25, -0.2) is 14.2 Å². The standard InChI is InChI=1S/C32H26FN3O4/c1-39-14-13-36-30-18-25(32(37)38)11-12-29(30)35-31(36)16-21-5-8-23(9-6-21)24-3-2-4-27(17-24)40-20-26-10-7-22(19-34)15-28(26)33/h2-12,15,17-18H,13-14,16,20H2,1H3,(H,37,38). The van der Waals surface area contributed by atoms with Gasteiger partial charge in [0.2, 0.25) is 0 Å². The van der Waals surface area contributed by atoms with Crippen LogP contribution in [0.3, 0.4) is 0 Å². The molecule has 0 aliphatic heterocycles. The van der Waals surface area contributed by atoms with Crippen LogP contribution in [-0.4, -0.2) is 34.3 Å². The molecular weight excluding hydrogens is 509 g/mol. The lowest BCUT2D eigenvalue weighted by atomic mass is 10.0. The molecule has 0 spiro atoms. The summed E-state index contributed by atoms with van der Waals surface area (Å²) >= 11 is 0. The van der Waals surface area contributed by atoms with Crippen molar-refractivity contribution in [3.8, 4) is 22.9 Å². The van der Waals surface area contributed by atoms with Crippen molar-refractivity contribution in [3.05, 3.63) is 119 Å². The third kappa shape index (κ3) is 5.85. The number of methoxy groups -OCH3 is 1. The quantitative estimate of drug-likeness (QED) is 0.228. The van der Waals surface area contributed by atoms with Crippen LogP contribution in [0.25, 0.3) is 22.2 Å². The number of nitriles is 1. The van der Waals surface area contributed by atoms with Gasteiger partial charge in [0.1, 0.15) is 24.0 Å². The Morgan fingerprint density at radius 3 is 2.58 bits per heavy atom. The SMILES string of the molecule is COCCn1c(Cc2ccc(-c3cccc(OCc4ccc(C#N)cc4F)c3)cc2)nc2ccc(C(=O)O)cc21. The lowest BCUT2D eigenvalue weighted by Crippen LogP contribution is -2.09. The number of rotatable bonds is 10. The van der Waals surface area contributed by atoms with Crippen molar-refractivity contribution in [3.63, 3.8) is 0 Å². The normalized spacial score (nSPS) is 10.9. The second kappa shape index (κ2) is 11.8. The molecule has 8 heteroatoms. The van der Waals surface area contributed by atoms with Gasteiger partial charge in [-0.3, -0.25) is 0 Å². The first-order valence-electron chi connectivity index (χ1n) is 12.7. The molecule has 7 nitrogen and oxygen atoms in total. The Labute approximate surface area is 230 Å². The zero-order valence-electron chi connectivity index (χ0n) is 21.8. The molecule has 1 N–H and O–H groups in total. The molecule has 0 atom stereocenters. The number of fused-ring (bicyclic) bond motifs is 1. The van der Waals surface area contributed by atoms with Crippen molar-refractivity contribution in [1.82, 2.24) is 9.55 Å². The van der Waals surface area contributed by atoms with Crippen molar-refractivity contribution in [2.45, 2.75) is 19.6 Å². The number of imidazole rings is 1. The summed E-state index contributed by atoms with van der Waals surface area (Å²) in [7, 11) is 1.63. The van der Waals surface area contributed by atoms with Gasteiger partial charge in [0.15, 0.2) is 0 Å². The molecule has 0 unspecified atom stereocenters. The van der Waals surface area contributed by atoms with Gasteiger partial charge in [0.05, 0.1) is 34.8 Å². The fourth-order valence-corrected chi connectivity index (χ4v) is 4.53. The van der Waals surface area contributed by atoms with E-state index in [2.05, 4.69) is 0 Å². The Balaban J connectivity index is 1.33. The van der Waals surface area contributed by atoms with E-state index < -0.39 is 11.8 Å². The van der Waals surface area contributed by atoms with E-state index in [9.17, 15) is 14.3 Å². The van der Waals surface area contributed by atoms with Crippen LogP contribution in [-0.2, 0) is 24.3 Å². The van der Waals surface area contributed by atoms with Gasteiger partial charge < -0.3 is 19.1 Å². The Morgan fingerprint density at radius 2 is 1.85 bits per heavy atom. The fourth-order valence-electron chi connectivity index (χ4n) is 4.53. The van der Waals surface area contributed by atoms with E-state index in [1.165, 1.54) is 6.07 Å². The van der Waals surface area contributed by atoms with E-state index in [-0.39, 0.29) is 17.7 Å². The molecule has 5 aromatic rings. The Hall–Kier alpha value is -5.00. The number of aromatic nitrogens is 2. The van der Waals surface area contributed by atoms with E-state index >= 15 is 0 Å². The van der Waals surface area contributed by atoms with Crippen molar-refractivity contribution in [1.29, 1.82) is 5.26 Å². The highest BCUT2D eigenvalue weighted by Gasteiger charge is 2.14. The van der Waals surface area contributed by atoms with Crippen LogP contribution in [0.1, 0.15) is 32.9 Å². The molecule has 0 fully saturated rings. The van der Waals surface area contributed by atoms with Crippen LogP contribution in [0, 0.1) is 17.1 Å². The monoisotopic (exact) mass is 535 g/mol. The predicted molar refractivity (Wildman–Crippen MR) is 149 cm³/mol. The maximum Gasteiger partial charge on any atom is 0.335 e. The number of aromatic carboxylic acids is 1. The minimum absolute atomic E-state index is 0.0535. The molecule has 1 aromatic heterocycles. The molecule has 0 saturated carbocycles. The number of carbonyl (C=O) groups is 1. The Bertz CT molecular complexity index is 1720. The highest BCUT2D eigenvalue weighted by atomic mass is 19.1. The zero-order valence-corrected chi connectivity index (χ0v) is 21.8. The second-order valence-electron chi connectivity index (χ2n) is 9.29. The highest BCUT2D eigenvalue weighted by molar-refractivity contribution is 5.92. The average molecular weight is 536 g/mol. The summed E-state index contributed by atoms with van der Waals surface area (Å²) in [6.45, 7) is 1.09. The molecule has 4 aromatic carbocycles. The van der Waals surface area contributed by atoms with Gasteiger partial charge in [0.25, 0.3) is 0 Å². The van der Waals surface area contributed by atoms with Crippen molar-refractivity contribution >= 4 is 17.0 Å². The topological polar surface area (TPSA) is 97.4 Å². The summed E-state index contributed by atoms with van der Waals surface area (Å²) in [6, 6.07) is 26.9. The minimum Gasteiger partial charge on any atom is -0.489 e. The number of ether oxygens (including phenoxy) is 2. The first-order valence-corrected chi connectivity index (χ1v) is 12.7. The molecule has 0 amide bonds. The van der Waals surface area contributed by atoms with Crippen LogP contribution in [0.4, 0.5) is 4.39 Å². The molecule has 0 aliphatic carbocycles. The third-order valence-corrected chi connectivity index (χ3v) is 6.65. The molecule has 0 bridgehead atoms. The molecule has 1 heterocycles. The van der Waals surface area contributed by atoms with Gasteiger partial charge in [-0.2, -0.15) is 5.26 Å². The molecule has 0 saturated heterocycles. The average Bonchev–Trinajstić information content (AvgIpc) is 3.31. The van der Waals surface area contributed by atoms with E-state index in [0.717, 1.165) is 33.5 Å². The lowest BCUT2D eigenvalue weighted by Gasteiger charge is -2.11. The first-order chi connectivity index (χ1) is 19.4. The maximum atomic E-state index is 14.2. The summed E-state index contributed by atoms with van der Waals surface area (Å²) in [6.07, 6.45) is 0.570. The summed E-state index contributed by atoms with van der Waals surface area (Å²) in [5.74, 6) is -0.0102. The van der Waals surface area contributed by atoms with Gasteiger partial charge in [-0.1, -0.05) is 42.5 Å². The van der Waals surface area contributed by atoms with E-state index in [1.54, 1.807) is 37.4 Å². The Morgan fingerprint density at radius 1 is 1.02 bits per heavy atom. The van der Waals surface area contributed by atoms with E-state index in [4.69, 9.17) is 19.7 Å². The summed E-state index contributed by atoms with van der Waals surface area (Å²) < 4.78 is 27.3. The number of benzene rings is 4. The van der Waals surface area contributed by atoms with Crippen LogP contribution in [0.2, 0.25) is 0 Å². The summed E-state index contributed by atoms with van der Waals surface area (Å²) in [5, 5.41) is 18.3. The molecule has 0 radical (unpaired) electrons. The number of hydrogen-bond acceptors (Lipinski definition) is 5. The number of hydrogen-bond donors (Lipinski definition) is 1. The van der Waals surface area contributed by atoms with Crippen LogP contribution in [0.5, 0.6) is 5.75 Å². The minimum atomic E-state index is -0.977. The van der Waals surface area contributed by atoms with Crippen molar-refractivity contribution in [2.75, 3.05) is 13.7 Å². The van der Waals surface area contributed by atoms with E-state index in [1.807, 2.05) is 59.2 Å². The zero-order chi connectivity index (χ0) is 28.1. The largest absolute Gasteiger partial charge is 0.489 e. The van der Waals surface area contributed by atoms with Gasteiger partial charge in [0, 0.05) is 25.6 Å². The summed E-state index contributed by atoms with van der Waals surface area (Å²) in [5.41, 5.74) is 5.38. The second-order valence-corrected chi connectivity index (χ2v) is 9.29. The summed E-state index contributed by atoms with van der Waals surface area (Å²) in [4.78, 5) is 16.3. The first kappa shape index (κ1) is 26.6.